The minimum Gasteiger partial charge on any atom is -0.488 e. The van der Waals surface area contributed by atoms with E-state index in [4.69, 9.17) is 9.47 Å². The molecule has 0 fully saturated rings. The van der Waals surface area contributed by atoms with Crippen LogP contribution in [0.15, 0.2) is 48.5 Å². The van der Waals surface area contributed by atoms with E-state index in [0.29, 0.717) is 31.5 Å². The molecule has 1 unspecified atom stereocenters. The molecule has 0 spiro atoms. The van der Waals surface area contributed by atoms with Crippen LogP contribution in [0.4, 0.5) is 0 Å². The maximum Gasteiger partial charge on any atom is 0.344 e. The Kier molecular flexibility index (Phi) is 6.37. The summed E-state index contributed by atoms with van der Waals surface area (Å²) in [6.07, 6.45) is 0.666. The topological polar surface area (TPSA) is 72.8 Å². The molecule has 0 saturated heterocycles. The molecule has 0 aromatic heterocycles. The maximum absolute atomic E-state index is 11.5. The molecule has 0 heterocycles. The maximum atomic E-state index is 11.5. The van der Waals surface area contributed by atoms with E-state index in [1.54, 1.807) is 18.2 Å². The molecular weight excluding hydrogens is 308 g/mol. The van der Waals surface area contributed by atoms with E-state index in [2.05, 4.69) is 0 Å². The third-order valence-electron chi connectivity index (χ3n) is 3.48. The van der Waals surface area contributed by atoms with Crippen LogP contribution < -0.4 is 9.47 Å². The molecule has 1 atom stereocenters. The van der Waals surface area contributed by atoms with Gasteiger partial charge >= 0.3 is 5.97 Å². The van der Waals surface area contributed by atoms with E-state index in [9.17, 15) is 14.7 Å². The summed E-state index contributed by atoms with van der Waals surface area (Å²) in [5.74, 6) is -0.465. The number of ether oxygens (including phenoxy) is 2. The van der Waals surface area contributed by atoms with Gasteiger partial charge in [-0.3, -0.25) is 4.79 Å². The second-order valence-corrected chi connectivity index (χ2v) is 5.29. The zero-order valence-corrected chi connectivity index (χ0v) is 13.5. The first kappa shape index (κ1) is 17.5. The summed E-state index contributed by atoms with van der Waals surface area (Å²) >= 11 is 0. The van der Waals surface area contributed by atoms with Crippen LogP contribution in [-0.2, 0) is 11.4 Å². The van der Waals surface area contributed by atoms with Crippen LogP contribution >= 0.6 is 0 Å². The quantitative estimate of drug-likeness (QED) is 0.710. The van der Waals surface area contributed by atoms with Gasteiger partial charge in [0.1, 0.15) is 18.1 Å². The number of hydrogen-bond acceptors (Lipinski definition) is 4. The van der Waals surface area contributed by atoms with Crippen molar-refractivity contribution in [2.45, 2.75) is 32.5 Å². The Balaban J connectivity index is 2.18. The lowest BCUT2D eigenvalue weighted by Gasteiger charge is -2.17. The van der Waals surface area contributed by atoms with Crippen molar-refractivity contribution >= 4 is 12.3 Å². The molecule has 0 radical (unpaired) electrons. The van der Waals surface area contributed by atoms with Crippen molar-refractivity contribution in [1.82, 2.24) is 0 Å². The number of aliphatic carboxylic acids is 1. The fraction of sp³-hybridized carbons (Fsp3) is 0.263. The van der Waals surface area contributed by atoms with Crippen molar-refractivity contribution in [3.05, 3.63) is 59.7 Å². The van der Waals surface area contributed by atoms with Crippen LogP contribution in [-0.4, -0.2) is 23.5 Å². The van der Waals surface area contributed by atoms with Gasteiger partial charge in [-0.25, -0.2) is 4.79 Å². The smallest absolute Gasteiger partial charge is 0.344 e. The van der Waals surface area contributed by atoms with Crippen molar-refractivity contribution in [1.29, 1.82) is 0 Å². The standard InChI is InChI=1S/C19H20O5/c1-2-7-18(19(21)22)24-17-11-6-10-16(15(17)12-20)23-13-14-8-4-3-5-9-14/h3-6,8-12,18H,2,7,13H2,1H3,(H,21,22). The lowest BCUT2D eigenvalue weighted by Crippen LogP contribution is -2.27. The van der Waals surface area contributed by atoms with E-state index in [1.807, 2.05) is 37.3 Å². The molecule has 1 N–H and O–H groups in total. The van der Waals surface area contributed by atoms with Gasteiger partial charge in [-0.2, -0.15) is 0 Å². The van der Waals surface area contributed by atoms with Crippen LogP contribution in [0.1, 0.15) is 35.7 Å². The average molecular weight is 328 g/mol. The SMILES string of the molecule is CCCC(Oc1cccc(OCc2ccccc2)c1C=O)C(=O)O. The second kappa shape index (κ2) is 8.72. The molecule has 0 aliphatic carbocycles. The van der Waals surface area contributed by atoms with Crippen molar-refractivity contribution < 1.29 is 24.2 Å². The molecule has 0 saturated carbocycles. The minimum atomic E-state index is -1.05. The zero-order valence-electron chi connectivity index (χ0n) is 13.5. The number of benzene rings is 2. The monoisotopic (exact) mass is 328 g/mol. The van der Waals surface area contributed by atoms with E-state index in [1.165, 1.54) is 0 Å². The van der Waals surface area contributed by atoms with E-state index in [-0.39, 0.29) is 11.3 Å². The Hall–Kier alpha value is -2.82. The summed E-state index contributed by atoms with van der Waals surface area (Å²) in [7, 11) is 0. The third-order valence-corrected chi connectivity index (χ3v) is 3.48. The van der Waals surface area contributed by atoms with Gasteiger partial charge in [0.2, 0.25) is 0 Å². The summed E-state index contributed by atoms with van der Waals surface area (Å²) in [5.41, 5.74) is 1.19. The van der Waals surface area contributed by atoms with Gasteiger partial charge < -0.3 is 14.6 Å². The number of rotatable bonds is 9. The first-order chi connectivity index (χ1) is 11.7. The van der Waals surface area contributed by atoms with Gasteiger partial charge in [0.15, 0.2) is 12.4 Å². The average Bonchev–Trinajstić information content (AvgIpc) is 2.60. The number of aldehydes is 1. The normalized spacial score (nSPS) is 11.5. The van der Waals surface area contributed by atoms with Gasteiger partial charge in [0, 0.05) is 0 Å². The van der Waals surface area contributed by atoms with Crippen molar-refractivity contribution in [2.24, 2.45) is 0 Å². The number of carbonyl (C=O) groups is 2. The van der Waals surface area contributed by atoms with Crippen LogP contribution in [0, 0.1) is 0 Å². The highest BCUT2D eigenvalue weighted by Crippen LogP contribution is 2.29. The number of carboxylic acids is 1. The summed E-state index contributed by atoms with van der Waals surface area (Å²) in [6.45, 7) is 2.18. The summed E-state index contributed by atoms with van der Waals surface area (Å²) < 4.78 is 11.2. The van der Waals surface area contributed by atoms with Gasteiger partial charge in [0.25, 0.3) is 0 Å². The van der Waals surface area contributed by atoms with Crippen LogP contribution in [0.3, 0.4) is 0 Å². The largest absolute Gasteiger partial charge is 0.488 e. The number of carbonyl (C=O) groups excluding carboxylic acids is 1. The highest BCUT2D eigenvalue weighted by Gasteiger charge is 2.21. The molecule has 5 heteroatoms. The van der Waals surface area contributed by atoms with Gasteiger partial charge in [-0.15, -0.1) is 0 Å². The van der Waals surface area contributed by atoms with Crippen LogP contribution in [0.5, 0.6) is 11.5 Å². The Morgan fingerprint density at radius 1 is 1.12 bits per heavy atom. The predicted octanol–water partition coefficient (Wildman–Crippen LogP) is 3.71. The molecule has 24 heavy (non-hydrogen) atoms. The second-order valence-electron chi connectivity index (χ2n) is 5.29. The van der Waals surface area contributed by atoms with Crippen LogP contribution in [0.25, 0.3) is 0 Å². The lowest BCUT2D eigenvalue weighted by atomic mass is 10.1. The first-order valence-corrected chi connectivity index (χ1v) is 7.80. The first-order valence-electron chi connectivity index (χ1n) is 7.80. The molecular formula is C19H20O5. The summed E-state index contributed by atoms with van der Waals surface area (Å²) in [4.78, 5) is 22.7. The molecule has 0 amide bonds. The van der Waals surface area contributed by atoms with E-state index in [0.717, 1.165) is 5.56 Å². The molecule has 126 valence electrons. The Labute approximate surface area is 140 Å². The van der Waals surface area contributed by atoms with E-state index >= 15 is 0 Å². The van der Waals surface area contributed by atoms with Gasteiger partial charge in [-0.05, 0) is 24.1 Å². The molecule has 2 aromatic carbocycles. The van der Waals surface area contributed by atoms with Crippen LogP contribution in [0.2, 0.25) is 0 Å². The Bertz CT molecular complexity index is 681. The lowest BCUT2D eigenvalue weighted by molar-refractivity contribution is -0.145. The number of carboxylic acid groups (broad SMARTS) is 1. The molecule has 5 nitrogen and oxygen atoms in total. The highest BCUT2D eigenvalue weighted by molar-refractivity contribution is 5.84. The van der Waals surface area contributed by atoms with Gasteiger partial charge in [0.05, 0.1) is 5.56 Å². The molecule has 0 bridgehead atoms. The predicted molar refractivity (Wildman–Crippen MR) is 89.6 cm³/mol. The fourth-order valence-corrected chi connectivity index (χ4v) is 2.25. The van der Waals surface area contributed by atoms with Gasteiger partial charge in [-0.1, -0.05) is 49.7 Å². The Morgan fingerprint density at radius 3 is 2.46 bits per heavy atom. The fourth-order valence-electron chi connectivity index (χ4n) is 2.25. The molecule has 2 rings (SSSR count). The summed E-state index contributed by atoms with van der Waals surface area (Å²) in [5, 5.41) is 9.21. The molecule has 0 aliphatic rings. The van der Waals surface area contributed by atoms with Crippen molar-refractivity contribution in [3.63, 3.8) is 0 Å². The zero-order chi connectivity index (χ0) is 17.4. The summed E-state index contributed by atoms with van der Waals surface area (Å²) in [6, 6.07) is 14.5. The molecule has 0 aliphatic heterocycles. The Morgan fingerprint density at radius 2 is 1.83 bits per heavy atom. The number of hydrogen-bond donors (Lipinski definition) is 1. The van der Waals surface area contributed by atoms with Crippen molar-refractivity contribution in [3.8, 4) is 11.5 Å². The highest BCUT2D eigenvalue weighted by atomic mass is 16.5. The minimum absolute atomic E-state index is 0.218. The van der Waals surface area contributed by atoms with E-state index < -0.39 is 12.1 Å². The third kappa shape index (κ3) is 4.59. The molecule has 2 aromatic rings. The van der Waals surface area contributed by atoms with Crippen molar-refractivity contribution in [2.75, 3.05) is 0 Å².